The zero-order valence-electron chi connectivity index (χ0n) is 13.0. The molecular formula is C17H23N3O. The lowest BCUT2D eigenvalue weighted by atomic mass is 10.1. The first-order valence-electron chi connectivity index (χ1n) is 7.54. The van der Waals surface area contributed by atoms with E-state index in [0.717, 1.165) is 30.8 Å². The Hall–Kier alpha value is -2.10. The third kappa shape index (κ3) is 3.72. The maximum Gasteiger partial charge on any atom is 0.162 e. The van der Waals surface area contributed by atoms with Gasteiger partial charge in [-0.1, -0.05) is 6.92 Å². The Bertz CT molecular complexity index is 599. The van der Waals surface area contributed by atoms with Crippen LogP contribution >= 0.6 is 0 Å². The van der Waals surface area contributed by atoms with E-state index in [4.69, 9.17) is 0 Å². The quantitative estimate of drug-likeness (QED) is 0.787. The molecule has 0 amide bonds. The summed E-state index contributed by atoms with van der Waals surface area (Å²) < 4.78 is 1.99. The number of Topliss-reactive ketones (excluding diaryl/α,β-unsaturated/α-hetero) is 1. The molecule has 0 unspecified atom stereocenters. The van der Waals surface area contributed by atoms with Crippen LogP contribution in [0.1, 0.15) is 48.3 Å². The van der Waals surface area contributed by atoms with Crippen LogP contribution in [-0.4, -0.2) is 15.6 Å². The van der Waals surface area contributed by atoms with E-state index in [1.165, 1.54) is 11.3 Å². The van der Waals surface area contributed by atoms with Gasteiger partial charge in [-0.2, -0.15) is 5.10 Å². The van der Waals surface area contributed by atoms with Crippen molar-refractivity contribution in [2.24, 2.45) is 0 Å². The van der Waals surface area contributed by atoms with Gasteiger partial charge in [0.05, 0.1) is 6.20 Å². The number of carbonyl (C=O) groups excluding carboxylic acids is 1. The average Bonchev–Trinajstić information content (AvgIpc) is 2.86. The Morgan fingerprint density at radius 2 is 1.95 bits per heavy atom. The average molecular weight is 285 g/mol. The first kappa shape index (κ1) is 15.3. The molecule has 0 saturated heterocycles. The van der Waals surface area contributed by atoms with E-state index >= 15 is 0 Å². The summed E-state index contributed by atoms with van der Waals surface area (Å²) in [6.07, 6.45) is 3.41. The number of anilines is 1. The highest BCUT2D eigenvalue weighted by Crippen LogP contribution is 2.14. The van der Waals surface area contributed by atoms with E-state index in [1.807, 2.05) is 42.1 Å². The number of nitrogens with zero attached hydrogens (tertiary/aromatic N) is 2. The van der Waals surface area contributed by atoms with Gasteiger partial charge in [-0.05, 0) is 44.5 Å². The van der Waals surface area contributed by atoms with Crippen LogP contribution < -0.4 is 5.32 Å². The Morgan fingerprint density at radius 3 is 2.52 bits per heavy atom. The van der Waals surface area contributed by atoms with Crippen molar-refractivity contribution in [1.82, 2.24) is 9.78 Å². The lowest BCUT2D eigenvalue weighted by Crippen LogP contribution is -2.03. The van der Waals surface area contributed by atoms with Crippen LogP contribution in [0.15, 0.2) is 30.5 Å². The molecule has 0 saturated carbocycles. The Balaban J connectivity index is 1.97. The normalized spacial score (nSPS) is 10.6. The highest BCUT2D eigenvalue weighted by atomic mass is 16.1. The van der Waals surface area contributed by atoms with Crippen LogP contribution in [0, 0.1) is 6.92 Å². The molecule has 0 spiro atoms. The van der Waals surface area contributed by atoms with Gasteiger partial charge < -0.3 is 5.32 Å². The fourth-order valence-electron chi connectivity index (χ4n) is 2.32. The van der Waals surface area contributed by atoms with Gasteiger partial charge in [-0.15, -0.1) is 0 Å². The number of aryl methyl sites for hydroxylation is 1. The first-order valence-corrected chi connectivity index (χ1v) is 7.54. The second-order valence-electron chi connectivity index (χ2n) is 5.18. The van der Waals surface area contributed by atoms with Crippen molar-refractivity contribution in [2.45, 2.75) is 46.7 Å². The zero-order valence-corrected chi connectivity index (χ0v) is 13.0. The summed E-state index contributed by atoms with van der Waals surface area (Å²) in [5.74, 6) is 0.212. The SMILES string of the molecule is CCCC(=O)c1ccc(NCc2cnn(CC)c2C)cc1. The first-order chi connectivity index (χ1) is 10.2. The minimum atomic E-state index is 0.212. The van der Waals surface area contributed by atoms with Gasteiger partial charge in [0.15, 0.2) is 5.78 Å². The second kappa shape index (κ2) is 7.07. The number of nitrogens with one attached hydrogen (secondary N) is 1. The molecule has 21 heavy (non-hydrogen) atoms. The fraction of sp³-hybridized carbons (Fsp3) is 0.412. The largest absolute Gasteiger partial charge is 0.381 e. The number of ketones is 1. The van der Waals surface area contributed by atoms with Gasteiger partial charge in [0.25, 0.3) is 0 Å². The Labute approximate surface area is 126 Å². The number of aromatic nitrogens is 2. The minimum absolute atomic E-state index is 0.212. The molecule has 0 aliphatic carbocycles. The Kier molecular flexibility index (Phi) is 5.14. The molecule has 0 radical (unpaired) electrons. The van der Waals surface area contributed by atoms with Crippen LogP contribution in [0.2, 0.25) is 0 Å². The third-order valence-electron chi connectivity index (χ3n) is 3.67. The molecule has 4 nitrogen and oxygen atoms in total. The smallest absolute Gasteiger partial charge is 0.162 e. The molecule has 0 atom stereocenters. The summed E-state index contributed by atoms with van der Waals surface area (Å²) in [6.45, 7) is 7.82. The van der Waals surface area contributed by atoms with Crippen molar-refractivity contribution in [3.05, 3.63) is 47.3 Å². The number of hydrogen-bond acceptors (Lipinski definition) is 3. The highest BCUT2D eigenvalue weighted by molar-refractivity contribution is 5.96. The van der Waals surface area contributed by atoms with Crippen LogP contribution in [0.3, 0.4) is 0 Å². The van der Waals surface area contributed by atoms with Crippen LogP contribution in [0.5, 0.6) is 0 Å². The van der Waals surface area contributed by atoms with Crippen LogP contribution in [0.4, 0.5) is 5.69 Å². The Morgan fingerprint density at radius 1 is 1.24 bits per heavy atom. The number of hydrogen-bond donors (Lipinski definition) is 1. The molecule has 0 aliphatic heterocycles. The lowest BCUT2D eigenvalue weighted by Gasteiger charge is -2.07. The molecule has 0 fully saturated rings. The summed E-state index contributed by atoms with van der Waals surface area (Å²) in [5.41, 5.74) is 4.20. The molecule has 1 N–H and O–H groups in total. The standard InChI is InChI=1S/C17H23N3O/c1-4-6-17(21)14-7-9-16(10-8-14)18-11-15-12-19-20(5-2)13(15)3/h7-10,12,18H,4-6,11H2,1-3H3. The van der Waals surface area contributed by atoms with Gasteiger partial charge in [0.2, 0.25) is 0 Å². The van der Waals surface area contributed by atoms with Crippen molar-refractivity contribution in [1.29, 1.82) is 0 Å². The summed E-state index contributed by atoms with van der Waals surface area (Å²) in [7, 11) is 0. The molecule has 2 rings (SSSR count). The van der Waals surface area contributed by atoms with Crippen molar-refractivity contribution >= 4 is 11.5 Å². The molecule has 112 valence electrons. The molecule has 1 heterocycles. The minimum Gasteiger partial charge on any atom is -0.381 e. The number of carbonyl (C=O) groups is 1. The summed E-state index contributed by atoms with van der Waals surface area (Å²) >= 11 is 0. The second-order valence-corrected chi connectivity index (χ2v) is 5.18. The van der Waals surface area contributed by atoms with E-state index in [0.29, 0.717) is 6.42 Å². The van der Waals surface area contributed by atoms with Gasteiger partial charge in [-0.3, -0.25) is 9.48 Å². The number of benzene rings is 1. The van der Waals surface area contributed by atoms with Gasteiger partial charge in [0, 0.05) is 42.0 Å². The highest BCUT2D eigenvalue weighted by Gasteiger charge is 2.06. The monoisotopic (exact) mass is 285 g/mol. The summed E-state index contributed by atoms with van der Waals surface area (Å²) in [6, 6.07) is 7.70. The lowest BCUT2D eigenvalue weighted by molar-refractivity contribution is 0.0982. The van der Waals surface area contributed by atoms with E-state index in [-0.39, 0.29) is 5.78 Å². The number of rotatable bonds is 7. The van der Waals surface area contributed by atoms with Crippen molar-refractivity contribution < 1.29 is 4.79 Å². The summed E-state index contributed by atoms with van der Waals surface area (Å²) in [4.78, 5) is 11.8. The van der Waals surface area contributed by atoms with E-state index in [2.05, 4.69) is 24.3 Å². The maximum atomic E-state index is 11.8. The molecule has 0 aliphatic rings. The zero-order chi connectivity index (χ0) is 15.2. The van der Waals surface area contributed by atoms with Crippen LogP contribution in [0.25, 0.3) is 0 Å². The predicted molar refractivity (Wildman–Crippen MR) is 85.6 cm³/mol. The van der Waals surface area contributed by atoms with Gasteiger partial charge in [-0.25, -0.2) is 0 Å². The molecular weight excluding hydrogens is 262 g/mol. The predicted octanol–water partition coefficient (Wildman–Crippen LogP) is 3.81. The van der Waals surface area contributed by atoms with Crippen molar-refractivity contribution in [3.8, 4) is 0 Å². The fourth-order valence-corrected chi connectivity index (χ4v) is 2.32. The van der Waals surface area contributed by atoms with Gasteiger partial charge >= 0.3 is 0 Å². The topological polar surface area (TPSA) is 46.9 Å². The summed E-state index contributed by atoms with van der Waals surface area (Å²) in [5, 5.41) is 7.71. The molecule has 1 aromatic heterocycles. The van der Waals surface area contributed by atoms with Crippen molar-refractivity contribution in [3.63, 3.8) is 0 Å². The van der Waals surface area contributed by atoms with Crippen molar-refractivity contribution in [2.75, 3.05) is 5.32 Å². The van der Waals surface area contributed by atoms with E-state index in [1.54, 1.807) is 0 Å². The molecule has 1 aromatic carbocycles. The maximum absolute atomic E-state index is 11.8. The van der Waals surface area contributed by atoms with Gasteiger partial charge in [0.1, 0.15) is 0 Å². The molecule has 4 heteroatoms. The third-order valence-corrected chi connectivity index (χ3v) is 3.67. The van der Waals surface area contributed by atoms with E-state index in [9.17, 15) is 4.79 Å². The molecule has 2 aromatic rings. The van der Waals surface area contributed by atoms with Crippen LogP contribution in [-0.2, 0) is 13.1 Å². The van der Waals surface area contributed by atoms with E-state index < -0.39 is 0 Å². The molecule has 0 bridgehead atoms.